The number of allylic oxidation sites excluding steroid dienone is 2. The highest BCUT2D eigenvalue weighted by Crippen LogP contribution is 2.41. The van der Waals surface area contributed by atoms with Crippen LogP contribution in [-0.2, 0) is 0 Å². The minimum atomic E-state index is 1.09. The molecule has 0 spiro atoms. The van der Waals surface area contributed by atoms with Crippen LogP contribution in [0.25, 0.3) is 60.0 Å². The Morgan fingerprint density at radius 1 is 0.600 bits per heavy atom. The van der Waals surface area contributed by atoms with E-state index in [-0.39, 0.29) is 0 Å². The van der Waals surface area contributed by atoms with E-state index < -0.39 is 0 Å². The molecule has 0 radical (unpaired) electrons. The van der Waals surface area contributed by atoms with Gasteiger partial charge in [-0.25, -0.2) is 0 Å². The lowest BCUT2D eigenvalue weighted by atomic mass is 10.0. The molecular formula is C47H34N2S. The highest BCUT2D eigenvalue weighted by Gasteiger charge is 2.18. The molecule has 7 aromatic carbocycles. The van der Waals surface area contributed by atoms with Crippen molar-refractivity contribution < 1.29 is 0 Å². The number of aryl methyl sites for hydroxylation is 1. The number of para-hydroxylation sites is 3. The number of fused-ring (bicyclic) bond motifs is 6. The average molecular weight is 659 g/mol. The summed E-state index contributed by atoms with van der Waals surface area (Å²) in [6.07, 6.45) is 4.24. The molecule has 0 fully saturated rings. The molecule has 0 N–H and O–H groups in total. The van der Waals surface area contributed by atoms with Gasteiger partial charge < -0.3 is 9.47 Å². The summed E-state index contributed by atoms with van der Waals surface area (Å²) in [7, 11) is 0. The van der Waals surface area contributed by atoms with Gasteiger partial charge in [-0.2, -0.15) is 0 Å². The second kappa shape index (κ2) is 12.4. The summed E-state index contributed by atoms with van der Waals surface area (Å²) in [5.41, 5.74) is 10.5. The zero-order chi connectivity index (χ0) is 33.6. The van der Waals surface area contributed by atoms with E-state index in [1.807, 2.05) is 17.4 Å². The number of hydrogen-bond donors (Lipinski definition) is 0. The Balaban J connectivity index is 1.19. The number of aromatic nitrogens is 1. The van der Waals surface area contributed by atoms with Crippen LogP contribution >= 0.6 is 11.3 Å². The molecule has 9 aromatic rings. The molecule has 0 saturated heterocycles. The first kappa shape index (κ1) is 29.9. The van der Waals surface area contributed by atoms with Gasteiger partial charge in [-0.3, -0.25) is 0 Å². The van der Waals surface area contributed by atoms with Gasteiger partial charge in [0, 0.05) is 48.5 Å². The van der Waals surface area contributed by atoms with Crippen LogP contribution < -0.4 is 4.90 Å². The van der Waals surface area contributed by atoms with Crippen LogP contribution in [0.15, 0.2) is 176 Å². The lowest BCUT2D eigenvalue weighted by molar-refractivity contribution is 1.19. The van der Waals surface area contributed by atoms with Crippen LogP contribution in [0.2, 0.25) is 0 Å². The fraction of sp³-hybridized carbons (Fsp3) is 0.0213. The fourth-order valence-electron chi connectivity index (χ4n) is 7.31. The summed E-state index contributed by atoms with van der Waals surface area (Å²) in [4.78, 5) is 3.62. The molecule has 0 saturated carbocycles. The summed E-state index contributed by atoms with van der Waals surface area (Å²) in [5.74, 6) is 0. The van der Waals surface area contributed by atoms with E-state index in [1.165, 1.54) is 53.1 Å². The van der Waals surface area contributed by atoms with Crippen LogP contribution in [0.1, 0.15) is 16.0 Å². The Labute approximate surface area is 296 Å². The molecule has 238 valence electrons. The molecular weight excluding hydrogens is 625 g/mol. The monoisotopic (exact) mass is 658 g/mol. The number of nitrogens with zero attached hydrogens (tertiary/aromatic N) is 2. The van der Waals surface area contributed by atoms with Crippen LogP contribution in [0.3, 0.4) is 0 Å². The molecule has 50 heavy (non-hydrogen) atoms. The van der Waals surface area contributed by atoms with Gasteiger partial charge in [0.15, 0.2) is 0 Å². The molecule has 0 unspecified atom stereocenters. The molecule has 0 aliphatic carbocycles. The molecule has 0 atom stereocenters. The Kier molecular flexibility index (Phi) is 7.41. The fourth-order valence-corrected chi connectivity index (χ4v) is 8.47. The van der Waals surface area contributed by atoms with E-state index in [0.717, 1.165) is 33.9 Å². The quantitative estimate of drug-likeness (QED) is 0.155. The zero-order valence-corrected chi connectivity index (χ0v) is 28.6. The number of thiophene rings is 1. The molecule has 2 nitrogen and oxygen atoms in total. The number of anilines is 3. The van der Waals surface area contributed by atoms with E-state index >= 15 is 0 Å². The van der Waals surface area contributed by atoms with E-state index in [4.69, 9.17) is 0 Å². The minimum absolute atomic E-state index is 1.09. The maximum absolute atomic E-state index is 4.19. The van der Waals surface area contributed by atoms with Crippen molar-refractivity contribution in [2.75, 3.05) is 4.90 Å². The van der Waals surface area contributed by atoms with Crippen molar-refractivity contribution in [3.05, 3.63) is 192 Å². The molecule has 0 amide bonds. The lowest BCUT2D eigenvalue weighted by Crippen LogP contribution is -2.10. The molecule has 0 aliphatic heterocycles. The van der Waals surface area contributed by atoms with Gasteiger partial charge in [-0.05, 0) is 101 Å². The Morgan fingerprint density at radius 2 is 1.24 bits per heavy atom. The third-order valence-electron chi connectivity index (χ3n) is 9.77. The summed E-state index contributed by atoms with van der Waals surface area (Å²) < 4.78 is 3.73. The van der Waals surface area contributed by atoms with Crippen LogP contribution in [0.4, 0.5) is 17.1 Å². The van der Waals surface area contributed by atoms with Gasteiger partial charge in [-0.15, -0.1) is 11.3 Å². The summed E-state index contributed by atoms with van der Waals surface area (Å²) >= 11 is 1.83. The topological polar surface area (TPSA) is 8.17 Å². The second-order valence-electron chi connectivity index (χ2n) is 12.7. The Morgan fingerprint density at radius 3 is 2.00 bits per heavy atom. The standard InChI is InChI=1S/C47H34N2S/c1-3-33(30-46-32(2)40-18-11-13-21-45(40)50-46)34-22-26-38(27-23-34)48(36-14-6-4-7-15-36)39-28-24-35-25-29-42-41-19-10-12-20-44(41)49(47(42)43(35)31-39)37-16-8-5-9-17-37/h3-31H,1H2,2H3/b33-30+. The van der Waals surface area contributed by atoms with E-state index in [2.05, 4.69) is 193 Å². The third-order valence-corrected chi connectivity index (χ3v) is 11.0. The van der Waals surface area contributed by atoms with Crippen LogP contribution in [-0.4, -0.2) is 4.57 Å². The van der Waals surface area contributed by atoms with Gasteiger partial charge in [-0.1, -0.05) is 116 Å². The van der Waals surface area contributed by atoms with Crippen molar-refractivity contribution in [3.8, 4) is 5.69 Å². The predicted molar refractivity (Wildman–Crippen MR) is 218 cm³/mol. The maximum Gasteiger partial charge on any atom is 0.0620 e. The second-order valence-corrected chi connectivity index (χ2v) is 13.7. The molecule has 0 aliphatic rings. The summed E-state index contributed by atoms with van der Waals surface area (Å²) in [6, 6.07) is 59.0. The zero-order valence-electron chi connectivity index (χ0n) is 27.8. The first-order valence-electron chi connectivity index (χ1n) is 17.0. The Bertz CT molecular complexity index is 2710. The van der Waals surface area contributed by atoms with Crippen molar-refractivity contribution >= 4 is 82.7 Å². The van der Waals surface area contributed by atoms with Crippen molar-refractivity contribution in [2.45, 2.75) is 6.92 Å². The van der Waals surface area contributed by atoms with Crippen molar-refractivity contribution in [2.24, 2.45) is 0 Å². The molecule has 2 heterocycles. The average Bonchev–Trinajstić information content (AvgIpc) is 3.69. The third kappa shape index (κ3) is 5.03. The first-order chi connectivity index (χ1) is 24.7. The van der Waals surface area contributed by atoms with Gasteiger partial charge in [0.05, 0.1) is 11.0 Å². The smallest absolute Gasteiger partial charge is 0.0620 e. The predicted octanol–water partition coefficient (Wildman–Crippen LogP) is 13.7. The van der Waals surface area contributed by atoms with E-state index in [9.17, 15) is 0 Å². The van der Waals surface area contributed by atoms with Gasteiger partial charge in [0.1, 0.15) is 0 Å². The largest absolute Gasteiger partial charge is 0.310 e. The van der Waals surface area contributed by atoms with Gasteiger partial charge in [0.2, 0.25) is 0 Å². The van der Waals surface area contributed by atoms with Crippen LogP contribution in [0, 0.1) is 6.92 Å². The van der Waals surface area contributed by atoms with Crippen molar-refractivity contribution in [1.29, 1.82) is 0 Å². The number of rotatable bonds is 7. The molecule has 0 bridgehead atoms. The normalized spacial score (nSPS) is 11.9. The van der Waals surface area contributed by atoms with Crippen molar-refractivity contribution in [1.82, 2.24) is 4.57 Å². The van der Waals surface area contributed by atoms with Crippen molar-refractivity contribution in [3.63, 3.8) is 0 Å². The lowest BCUT2D eigenvalue weighted by Gasteiger charge is -2.26. The summed E-state index contributed by atoms with van der Waals surface area (Å²) in [5, 5.41) is 6.25. The minimum Gasteiger partial charge on any atom is -0.310 e. The molecule has 3 heteroatoms. The van der Waals surface area contributed by atoms with Crippen LogP contribution in [0.5, 0.6) is 0 Å². The van der Waals surface area contributed by atoms with Gasteiger partial charge >= 0.3 is 0 Å². The molecule has 9 rings (SSSR count). The highest BCUT2D eigenvalue weighted by atomic mass is 32.1. The Hall–Kier alpha value is -6.16. The SMILES string of the molecule is C=C/C(=C\c1sc2ccccc2c1C)c1ccc(N(c2ccccc2)c2ccc3ccc4c5ccccc5n(-c5ccccc5)c4c3c2)cc1. The van der Waals surface area contributed by atoms with E-state index in [0.29, 0.717) is 0 Å². The molecule has 2 aromatic heterocycles. The maximum atomic E-state index is 4.19. The van der Waals surface area contributed by atoms with Gasteiger partial charge in [0.25, 0.3) is 0 Å². The number of hydrogen-bond acceptors (Lipinski definition) is 2. The van der Waals surface area contributed by atoms with E-state index in [1.54, 1.807) is 0 Å². The summed E-state index contributed by atoms with van der Waals surface area (Å²) in [6.45, 7) is 6.40. The number of benzene rings is 7. The first-order valence-corrected chi connectivity index (χ1v) is 17.8. The highest BCUT2D eigenvalue weighted by molar-refractivity contribution is 7.20.